The molecule has 1 heterocycles. The molecule has 0 radical (unpaired) electrons. The Morgan fingerprint density at radius 3 is 2.36 bits per heavy atom. The van der Waals surface area contributed by atoms with Crippen molar-refractivity contribution < 1.29 is 23.5 Å². The molecule has 33 heavy (non-hydrogen) atoms. The molecule has 0 spiro atoms. The summed E-state index contributed by atoms with van der Waals surface area (Å²) in [6.07, 6.45) is 1.65. The van der Waals surface area contributed by atoms with Crippen molar-refractivity contribution in [1.29, 1.82) is 0 Å². The maximum atomic E-state index is 13.3. The lowest BCUT2D eigenvalue weighted by molar-refractivity contribution is -0.140. The average molecular weight is 471 g/mol. The van der Waals surface area contributed by atoms with Crippen molar-refractivity contribution in [1.82, 2.24) is 10.2 Å². The number of carbonyl (C=O) groups excluding carboxylic acids is 2. The van der Waals surface area contributed by atoms with Gasteiger partial charge in [0.1, 0.15) is 11.8 Å². The number of halogens is 1. The van der Waals surface area contributed by atoms with E-state index in [0.717, 1.165) is 11.1 Å². The minimum Gasteiger partial charge on any atom is -0.493 e. The lowest BCUT2D eigenvalue weighted by Gasteiger charge is -2.29. The van der Waals surface area contributed by atoms with Gasteiger partial charge in [0.15, 0.2) is 11.5 Å². The van der Waals surface area contributed by atoms with Crippen LogP contribution in [0.15, 0.2) is 65.3 Å². The van der Waals surface area contributed by atoms with Crippen LogP contribution in [0.3, 0.4) is 0 Å². The molecule has 0 saturated heterocycles. The molecular weight excluding hydrogens is 444 g/mol. The van der Waals surface area contributed by atoms with Crippen LogP contribution in [-0.4, -0.2) is 37.0 Å². The van der Waals surface area contributed by atoms with E-state index in [1.165, 1.54) is 0 Å². The number of methoxy groups -OCH3 is 2. The van der Waals surface area contributed by atoms with Crippen molar-refractivity contribution in [2.45, 2.75) is 32.5 Å². The van der Waals surface area contributed by atoms with Gasteiger partial charge in [-0.2, -0.15) is 0 Å². The molecule has 0 unspecified atom stereocenters. The third kappa shape index (κ3) is 6.52. The molecule has 3 aromatic rings. The van der Waals surface area contributed by atoms with E-state index in [-0.39, 0.29) is 31.3 Å². The van der Waals surface area contributed by atoms with Crippen LogP contribution < -0.4 is 14.8 Å². The molecule has 0 aliphatic carbocycles. The smallest absolute Gasteiger partial charge is 0.242 e. The van der Waals surface area contributed by atoms with Crippen molar-refractivity contribution in [3.63, 3.8) is 0 Å². The lowest BCUT2D eigenvalue weighted by Crippen LogP contribution is -2.47. The zero-order valence-corrected chi connectivity index (χ0v) is 19.6. The predicted molar refractivity (Wildman–Crippen MR) is 125 cm³/mol. The Balaban J connectivity index is 1.78. The van der Waals surface area contributed by atoms with Gasteiger partial charge in [-0.05, 0) is 54.4 Å². The van der Waals surface area contributed by atoms with Crippen LogP contribution in [0, 0.1) is 0 Å². The molecule has 0 bridgehead atoms. The Hall–Kier alpha value is -3.45. The van der Waals surface area contributed by atoms with Gasteiger partial charge in [-0.15, -0.1) is 0 Å². The van der Waals surface area contributed by atoms with Crippen LogP contribution in [0.1, 0.15) is 23.8 Å². The van der Waals surface area contributed by atoms with Crippen molar-refractivity contribution in [3.8, 4) is 11.5 Å². The number of nitrogens with zero attached hydrogens (tertiary/aromatic N) is 1. The minimum atomic E-state index is -0.705. The largest absolute Gasteiger partial charge is 0.493 e. The highest BCUT2D eigenvalue weighted by Crippen LogP contribution is 2.28. The lowest BCUT2D eigenvalue weighted by atomic mass is 10.1. The van der Waals surface area contributed by atoms with E-state index in [1.54, 1.807) is 74.8 Å². The van der Waals surface area contributed by atoms with E-state index >= 15 is 0 Å². The monoisotopic (exact) mass is 470 g/mol. The normalized spacial score (nSPS) is 11.5. The van der Waals surface area contributed by atoms with Crippen molar-refractivity contribution in [2.75, 3.05) is 14.2 Å². The first-order valence-electron chi connectivity index (χ1n) is 10.5. The summed E-state index contributed by atoms with van der Waals surface area (Å²) in [5, 5.41) is 3.43. The molecule has 2 aromatic carbocycles. The van der Waals surface area contributed by atoms with E-state index in [4.69, 9.17) is 25.5 Å². The zero-order chi connectivity index (χ0) is 23.8. The fourth-order valence-electron chi connectivity index (χ4n) is 3.37. The van der Waals surface area contributed by atoms with Gasteiger partial charge < -0.3 is 24.1 Å². The summed E-state index contributed by atoms with van der Waals surface area (Å²) in [6.45, 7) is 2.22. The Labute approximate surface area is 198 Å². The molecule has 1 aromatic heterocycles. The van der Waals surface area contributed by atoms with E-state index in [1.807, 2.05) is 12.1 Å². The fourth-order valence-corrected chi connectivity index (χ4v) is 3.50. The van der Waals surface area contributed by atoms with E-state index in [0.29, 0.717) is 22.3 Å². The summed E-state index contributed by atoms with van der Waals surface area (Å²) in [5.41, 5.74) is 1.62. The van der Waals surface area contributed by atoms with Gasteiger partial charge in [0.25, 0.3) is 0 Å². The molecule has 8 heteroatoms. The molecule has 0 aliphatic heterocycles. The summed E-state index contributed by atoms with van der Waals surface area (Å²) in [5.74, 6) is 1.28. The number of hydrogen-bond acceptors (Lipinski definition) is 5. The Morgan fingerprint density at radius 2 is 1.73 bits per heavy atom. The predicted octanol–water partition coefficient (Wildman–Crippen LogP) is 4.23. The quantitative estimate of drug-likeness (QED) is 0.479. The molecule has 2 amide bonds. The van der Waals surface area contributed by atoms with Gasteiger partial charge in [-0.25, -0.2) is 0 Å². The highest BCUT2D eigenvalue weighted by atomic mass is 35.5. The highest BCUT2D eigenvalue weighted by molar-refractivity contribution is 6.30. The Morgan fingerprint density at radius 1 is 1.03 bits per heavy atom. The van der Waals surface area contributed by atoms with Gasteiger partial charge >= 0.3 is 0 Å². The molecule has 1 N–H and O–H groups in total. The van der Waals surface area contributed by atoms with Crippen LogP contribution >= 0.6 is 11.6 Å². The van der Waals surface area contributed by atoms with Gasteiger partial charge in [0, 0.05) is 11.6 Å². The number of carbonyl (C=O) groups is 2. The second-order valence-electron chi connectivity index (χ2n) is 7.49. The third-order valence-electron chi connectivity index (χ3n) is 5.25. The van der Waals surface area contributed by atoms with Crippen molar-refractivity contribution >= 4 is 23.4 Å². The first-order valence-corrected chi connectivity index (χ1v) is 10.8. The van der Waals surface area contributed by atoms with E-state index < -0.39 is 6.04 Å². The molecule has 0 fully saturated rings. The molecular formula is C25H27ClN2O5. The third-order valence-corrected chi connectivity index (χ3v) is 5.51. The summed E-state index contributed by atoms with van der Waals surface area (Å²) < 4.78 is 15.9. The van der Waals surface area contributed by atoms with Crippen LogP contribution in [0.4, 0.5) is 0 Å². The number of ether oxygens (including phenoxy) is 2. The number of furan rings is 1. The average Bonchev–Trinajstić information content (AvgIpc) is 3.35. The standard InChI is InChI=1S/C25H27ClN2O5/c1-17(25(30)27-15-21-5-4-12-33-21)28(16-18-6-9-20(26)10-7-18)24(29)14-19-8-11-22(31-2)23(13-19)32-3/h4-13,17H,14-16H2,1-3H3,(H,27,30)/t17-/m0/s1. The minimum absolute atomic E-state index is 0.101. The van der Waals surface area contributed by atoms with Crippen molar-refractivity contribution in [2.24, 2.45) is 0 Å². The second kappa shape index (κ2) is 11.4. The Bertz CT molecular complexity index is 1070. The summed E-state index contributed by atoms with van der Waals surface area (Å²) in [7, 11) is 3.10. The van der Waals surface area contributed by atoms with E-state index in [9.17, 15) is 9.59 Å². The van der Waals surface area contributed by atoms with Crippen LogP contribution in [0.25, 0.3) is 0 Å². The van der Waals surface area contributed by atoms with Crippen molar-refractivity contribution in [3.05, 3.63) is 82.8 Å². The zero-order valence-electron chi connectivity index (χ0n) is 18.8. The number of rotatable bonds is 10. The molecule has 7 nitrogen and oxygen atoms in total. The number of amides is 2. The topological polar surface area (TPSA) is 81.0 Å². The highest BCUT2D eigenvalue weighted by Gasteiger charge is 2.26. The number of benzene rings is 2. The van der Waals surface area contributed by atoms with Gasteiger partial charge in [-0.3, -0.25) is 9.59 Å². The molecule has 1 atom stereocenters. The maximum Gasteiger partial charge on any atom is 0.242 e. The van der Waals surface area contributed by atoms with Crippen LogP contribution in [0.2, 0.25) is 5.02 Å². The number of nitrogens with one attached hydrogen (secondary N) is 1. The molecule has 174 valence electrons. The number of hydrogen-bond donors (Lipinski definition) is 1. The summed E-state index contributed by atoms with van der Waals surface area (Å²) in [6, 6.07) is 15.3. The molecule has 3 rings (SSSR count). The second-order valence-corrected chi connectivity index (χ2v) is 7.92. The van der Waals surface area contributed by atoms with Gasteiger partial charge in [0.2, 0.25) is 11.8 Å². The first-order chi connectivity index (χ1) is 15.9. The van der Waals surface area contributed by atoms with Crippen LogP contribution in [-0.2, 0) is 29.1 Å². The summed E-state index contributed by atoms with van der Waals surface area (Å²) >= 11 is 6.00. The maximum absolute atomic E-state index is 13.3. The molecule has 0 saturated carbocycles. The fraction of sp³-hybridized carbons (Fsp3) is 0.280. The Kier molecular flexibility index (Phi) is 8.38. The SMILES string of the molecule is COc1ccc(CC(=O)N(Cc2ccc(Cl)cc2)[C@@H](C)C(=O)NCc2ccco2)cc1OC. The molecule has 0 aliphatic rings. The van der Waals surface area contributed by atoms with Gasteiger partial charge in [0.05, 0.1) is 33.4 Å². The first kappa shape index (κ1) is 24.2. The van der Waals surface area contributed by atoms with E-state index in [2.05, 4.69) is 5.32 Å². The van der Waals surface area contributed by atoms with Gasteiger partial charge in [-0.1, -0.05) is 29.8 Å². The summed E-state index contributed by atoms with van der Waals surface area (Å²) in [4.78, 5) is 27.8. The van der Waals surface area contributed by atoms with Crippen LogP contribution in [0.5, 0.6) is 11.5 Å².